The summed E-state index contributed by atoms with van der Waals surface area (Å²) in [6.45, 7) is 7.49. The SMILES string of the molecule is CC/C(=N\OC(C)=O)C(=O)c1ccc2c(c1)C(CC)(CC)c1ccccc1-2. The van der Waals surface area contributed by atoms with Gasteiger partial charge in [-0.3, -0.25) is 4.79 Å². The van der Waals surface area contributed by atoms with E-state index in [-0.39, 0.29) is 16.9 Å². The van der Waals surface area contributed by atoms with Gasteiger partial charge >= 0.3 is 5.97 Å². The molecule has 0 fully saturated rings. The number of Topliss-reactive ketones (excluding diaryl/α,β-unsaturated/α-hetero) is 1. The quantitative estimate of drug-likeness (QED) is 0.303. The first kappa shape index (κ1) is 19.0. The summed E-state index contributed by atoms with van der Waals surface area (Å²) in [4.78, 5) is 28.6. The third kappa shape index (κ3) is 3.09. The molecule has 0 aliphatic heterocycles. The average molecular weight is 363 g/mol. The molecule has 0 spiro atoms. The van der Waals surface area contributed by atoms with Crippen LogP contribution in [0.15, 0.2) is 47.6 Å². The molecule has 0 saturated carbocycles. The van der Waals surface area contributed by atoms with Gasteiger partial charge in [0.05, 0.1) is 0 Å². The predicted octanol–water partition coefficient (Wildman–Crippen LogP) is 5.28. The maximum atomic E-state index is 12.9. The minimum atomic E-state index is -0.533. The van der Waals surface area contributed by atoms with E-state index in [1.807, 2.05) is 25.1 Å². The maximum absolute atomic E-state index is 12.9. The van der Waals surface area contributed by atoms with Crippen LogP contribution in [0, 0.1) is 0 Å². The van der Waals surface area contributed by atoms with Crippen LogP contribution in [-0.2, 0) is 15.0 Å². The predicted molar refractivity (Wildman–Crippen MR) is 107 cm³/mol. The van der Waals surface area contributed by atoms with E-state index in [1.54, 1.807) is 0 Å². The number of oxime groups is 1. The third-order valence-corrected chi connectivity index (χ3v) is 5.62. The highest BCUT2D eigenvalue weighted by Gasteiger charge is 2.40. The monoisotopic (exact) mass is 363 g/mol. The van der Waals surface area contributed by atoms with Crippen molar-refractivity contribution in [3.8, 4) is 11.1 Å². The van der Waals surface area contributed by atoms with Crippen molar-refractivity contribution in [1.82, 2.24) is 0 Å². The summed E-state index contributed by atoms with van der Waals surface area (Å²) in [6, 6.07) is 14.4. The average Bonchev–Trinajstić information content (AvgIpc) is 2.97. The van der Waals surface area contributed by atoms with Crippen LogP contribution in [0.25, 0.3) is 11.1 Å². The van der Waals surface area contributed by atoms with E-state index in [1.165, 1.54) is 29.2 Å². The minimum Gasteiger partial charge on any atom is -0.318 e. The number of hydrogen-bond donors (Lipinski definition) is 0. The minimum absolute atomic E-state index is 0.0817. The van der Waals surface area contributed by atoms with Gasteiger partial charge in [-0.1, -0.05) is 62.3 Å². The first-order valence-corrected chi connectivity index (χ1v) is 9.52. The Labute approximate surface area is 160 Å². The van der Waals surface area contributed by atoms with Gasteiger partial charge in [-0.15, -0.1) is 0 Å². The Morgan fingerprint density at radius 1 is 0.963 bits per heavy atom. The lowest BCUT2D eigenvalue weighted by Gasteiger charge is -2.29. The van der Waals surface area contributed by atoms with Gasteiger partial charge in [-0.2, -0.15) is 0 Å². The molecule has 0 N–H and O–H groups in total. The van der Waals surface area contributed by atoms with Gasteiger partial charge in [-0.25, -0.2) is 4.79 Å². The molecule has 2 aromatic rings. The van der Waals surface area contributed by atoms with Crippen LogP contribution in [-0.4, -0.2) is 17.5 Å². The molecule has 0 aromatic heterocycles. The van der Waals surface area contributed by atoms with E-state index >= 15 is 0 Å². The molecule has 4 nitrogen and oxygen atoms in total. The lowest BCUT2D eigenvalue weighted by atomic mass is 9.73. The van der Waals surface area contributed by atoms with Crippen molar-refractivity contribution in [1.29, 1.82) is 0 Å². The topological polar surface area (TPSA) is 55.7 Å². The first-order chi connectivity index (χ1) is 13.0. The second-order valence-corrected chi connectivity index (χ2v) is 6.90. The van der Waals surface area contributed by atoms with Gasteiger partial charge < -0.3 is 4.84 Å². The summed E-state index contributed by atoms with van der Waals surface area (Å²) in [7, 11) is 0. The van der Waals surface area contributed by atoms with Crippen molar-refractivity contribution in [2.45, 2.75) is 52.4 Å². The van der Waals surface area contributed by atoms with Crippen molar-refractivity contribution >= 4 is 17.5 Å². The highest BCUT2D eigenvalue weighted by atomic mass is 16.7. The Balaban J connectivity index is 2.10. The molecule has 0 bridgehead atoms. The van der Waals surface area contributed by atoms with Crippen LogP contribution >= 0.6 is 0 Å². The van der Waals surface area contributed by atoms with Crippen LogP contribution in [0.3, 0.4) is 0 Å². The van der Waals surface area contributed by atoms with Gasteiger partial charge in [-0.05, 0) is 47.6 Å². The van der Waals surface area contributed by atoms with Gasteiger partial charge in [0, 0.05) is 17.9 Å². The summed E-state index contributed by atoms with van der Waals surface area (Å²) in [5, 5.41) is 3.75. The molecular formula is C23H25NO3. The van der Waals surface area contributed by atoms with Crippen LogP contribution in [0.1, 0.15) is 68.4 Å². The second-order valence-electron chi connectivity index (χ2n) is 6.90. The van der Waals surface area contributed by atoms with Gasteiger partial charge in [0.15, 0.2) is 0 Å². The molecular weight excluding hydrogens is 338 g/mol. The second kappa shape index (κ2) is 7.47. The zero-order valence-corrected chi connectivity index (χ0v) is 16.3. The Kier molecular flexibility index (Phi) is 5.26. The number of hydrogen-bond acceptors (Lipinski definition) is 4. The van der Waals surface area contributed by atoms with E-state index in [4.69, 9.17) is 4.84 Å². The normalized spacial score (nSPS) is 14.4. The Bertz CT molecular complexity index is 923. The standard InChI is InChI=1S/C23H25NO3/c1-5-21(24-27-15(4)25)22(26)16-12-13-18-17-10-8-9-11-19(17)23(6-2,7-3)20(18)14-16/h8-14H,5-7H2,1-4H3/b24-21+. The number of nitrogens with zero attached hydrogens (tertiary/aromatic N) is 1. The highest BCUT2D eigenvalue weighted by Crippen LogP contribution is 2.52. The molecule has 140 valence electrons. The summed E-state index contributed by atoms with van der Waals surface area (Å²) in [5.41, 5.74) is 5.73. The molecule has 0 unspecified atom stereocenters. The Morgan fingerprint density at radius 3 is 2.26 bits per heavy atom. The zero-order valence-electron chi connectivity index (χ0n) is 16.3. The number of rotatable bonds is 6. The van der Waals surface area contributed by atoms with Crippen molar-refractivity contribution in [2.75, 3.05) is 0 Å². The maximum Gasteiger partial charge on any atom is 0.331 e. The largest absolute Gasteiger partial charge is 0.331 e. The summed E-state index contributed by atoms with van der Waals surface area (Å²) in [6.07, 6.45) is 2.33. The Morgan fingerprint density at radius 2 is 1.63 bits per heavy atom. The van der Waals surface area contributed by atoms with Crippen LogP contribution in [0.5, 0.6) is 0 Å². The Hall–Kier alpha value is -2.75. The summed E-state index contributed by atoms with van der Waals surface area (Å²) in [5.74, 6) is -0.729. The fourth-order valence-electron chi connectivity index (χ4n) is 4.16. The molecule has 1 aliphatic rings. The summed E-state index contributed by atoms with van der Waals surface area (Å²) >= 11 is 0. The number of carbonyl (C=O) groups is 2. The van der Waals surface area contributed by atoms with Gasteiger partial charge in [0.2, 0.25) is 5.78 Å². The zero-order chi connectivity index (χ0) is 19.6. The molecule has 0 radical (unpaired) electrons. The highest BCUT2D eigenvalue weighted by molar-refractivity contribution is 6.45. The number of carbonyl (C=O) groups excluding carboxylic acids is 2. The van der Waals surface area contributed by atoms with Gasteiger partial charge in [0.1, 0.15) is 5.71 Å². The molecule has 2 aromatic carbocycles. The molecule has 3 rings (SSSR count). The van der Waals surface area contributed by atoms with Crippen LogP contribution < -0.4 is 0 Å². The van der Waals surface area contributed by atoms with Gasteiger partial charge in [0.25, 0.3) is 0 Å². The molecule has 0 atom stereocenters. The molecule has 0 heterocycles. The van der Waals surface area contributed by atoms with E-state index in [0.717, 1.165) is 12.8 Å². The van der Waals surface area contributed by atoms with E-state index in [9.17, 15) is 9.59 Å². The molecule has 0 amide bonds. The summed E-state index contributed by atoms with van der Waals surface area (Å²) < 4.78 is 0. The molecule has 1 aliphatic carbocycles. The first-order valence-electron chi connectivity index (χ1n) is 9.52. The third-order valence-electron chi connectivity index (χ3n) is 5.62. The van der Waals surface area contributed by atoms with Crippen molar-refractivity contribution < 1.29 is 14.4 Å². The lowest BCUT2D eigenvalue weighted by Crippen LogP contribution is -2.24. The lowest BCUT2D eigenvalue weighted by molar-refractivity contribution is -0.140. The molecule has 0 saturated heterocycles. The van der Waals surface area contributed by atoms with Crippen LogP contribution in [0.4, 0.5) is 0 Å². The fraction of sp³-hybridized carbons (Fsp3) is 0.348. The molecule has 27 heavy (non-hydrogen) atoms. The fourth-order valence-corrected chi connectivity index (χ4v) is 4.16. The van der Waals surface area contributed by atoms with Crippen molar-refractivity contribution in [3.63, 3.8) is 0 Å². The number of fused-ring (bicyclic) bond motifs is 3. The number of benzene rings is 2. The van der Waals surface area contributed by atoms with E-state index < -0.39 is 5.97 Å². The van der Waals surface area contributed by atoms with E-state index in [2.05, 4.69) is 43.3 Å². The van der Waals surface area contributed by atoms with Crippen molar-refractivity contribution in [3.05, 3.63) is 59.2 Å². The smallest absolute Gasteiger partial charge is 0.318 e. The van der Waals surface area contributed by atoms with Crippen LogP contribution in [0.2, 0.25) is 0 Å². The number of ketones is 1. The van der Waals surface area contributed by atoms with Crippen molar-refractivity contribution in [2.24, 2.45) is 5.16 Å². The van der Waals surface area contributed by atoms with E-state index in [0.29, 0.717) is 12.0 Å². The molecule has 4 heteroatoms.